The second-order valence-corrected chi connectivity index (χ2v) is 7.48. The van der Waals surface area contributed by atoms with Crippen LogP contribution in [-0.2, 0) is 16.6 Å². The number of para-hydroxylation sites is 1. The molecule has 0 atom stereocenters. The van der Waals surface area contributed by atoms with Crippen molar-refractivity contribution in [2.45, 2.75) is 18.4 Å². The summed E-state index contributed by atoms with van der Waals surface area (Å²) in [6, 6.07) is 14.8. The molecule has 0 saturated heterocycles. The Balaban J connectivity index is 2.02. The van der Waals surface area contributed by atoms with Crippen LogP contribution in [0.3, 0.4) is 0 Å². The molecule has 0 radical (unpaired) electrons. The number of rotatable bonds is 5. The molecule has 0 aliphatic heterocycles. The molecule has 0 amide bonds. The van der Waals surface area contributed by atoms with Crippen LogP contribution in [0.2, 0.25) is 0 Å². The largest absolute Gasteiger partial charge is 0.309 e. The molecule has 0 bridgehead atoms. The molecule has 0 unspecified atom stereocenters. The van der Waals surface area contributed by atoms with Gasteiger partial charge in [0.05, 0.1) is 27.9 Å². The zero-order valence-electron chi connectivity index (χ0n) is 14.0. The zero-order chi connectivity index (χ0) is 18.7. The van der Waals surface area contributed by atoms with E-state index < -0.39 is 10.0 Å². The van der Waals surface area contributed by atoms with Crippen LogP contribution >= 0.6 is 0 Å². The normalized spacial score (nSPS) is 11.6. The maximum Gasteiger partial charge on any atom is 0.258 e. The number of nitrogens with zero attached hydrogens (tertiary/aromatic N) is 3. The molecule has 0 aliphatic carbocycles. The molecule has 3 aromatic rings. The average molecular weight is 368 g/mol. The van der Waals surface area contributed by atoms with Crippen LogP contribution in [0.15, 0.2) is 58.2 Å². The summed E-state index contributed by atoms with van der Waals surface area (Å²) >= 11 is 0. The maximum atomic E-state index is 13.0. The maximum absolute atomic E-state index is 13.0. The summed E-state index contributed by atoms with van der Waals surface area (Å²) in [7, 11) is -3.91. The summed E-state index contributed by atoms with van der Waals surface area (Å²) in [6.45, 7) is 1.75. The highest BCUT2D eigenvalue weighted by molar-refractivity contribution is 7.89. The smallest absolute Gasteiger partial charge is 0.258 e. The third-order valence-corrected chi connectivity index (χ3v) is 5.95. The highest BCUT2D eigenvalue weighted by Gasteiger charge is 2.26. The van der Waals surface area contributed by atoms with Gasteiger partial charge in [0, 0.05) is 6.54 Å². The molecule has 0 fully saturated rings. The summed E-state index contributed by atoms with van der Waals surface area (Å²) in [5.74, 6) is 0.244. The summed E-state index contributed by atoms with van der Waals surface area (Å²) in [4.78, 5) is 19.1. The van der Waals surface area contributed by atoms with Crippen LogP contribution in [0.4, 0.5) is 0 Å². The quantitative estimate of drug-likeness (QED) is 0.741. The van der Waals surface area contributed by atoms with Crippen molar-refractivity contribution in [1.82, 2.24) is 14.3 Å². The third-order valence-electron chi connectivity index (χ3n) is 3.97. The first-order valence-corrected chi connectivity index (χ1v) is 9.38. The van der Waals surface area contributed by atoms with E-state index in [-0.39, 0.29) is 34.9 Å². The van der Waals surface area contributed by atoms with Crippen molar-refractivity contribution in [3.63, 3.8) is 0 Å². The first-order valence-electron chi connectivity index (χ1n) is 7.94. The Morgan fingerprint density at radius 2 is 1.85 bits per heavy atom. The first kappa shape index (κ1) is 17.8. The van der Waals surface area contributed by atoms with Gasteiger partial charge >= 0.3 is 0 Å². The number of sulfonamides is 1. The van der Waals surface area contributed by atoms with Crippen molar-refractivity contribution in [2.75, 3.05) is 6.54 Å². The Bertz CT molecular complexity index is 1160. The topological polar surface area (TPSA) is 107 Å². The molecule has 132 valence electrons. The number of fused-ring (bicyclic) bond motifs is 1. The van der Waals surface area contributed by atoms with Crippen molar-refractivity contribution in [3.8, 4) is 6.07 Å². The number of hydrogen-bond acceptors (Lipinski definition) is 5. The van der Waals surface area contributed by atoms with Gasteiger partial charge in [0.25, 0.3) is 5.56 Å². The van der Waals surface area contributed by atoms with Gasteiger partial charge in [-0.05, 0) is 24.3 Å². The predicted molar refractivity (Wildman–Crippen MR) is 96.8 cm³/mol. The minimum Gasteiger partial charge on any atom is -0.309 e. The second kappa shape index (κ2) is 7.07. The third kappa shape index (κ3) is 3.22. The molecule has 1 aromatic heterocycles. The molecule has 2 aromatic carbocycles. The fourth-order valence-corrected chi connectivity index (χ4v) is 4.22. The van der Waals surface area contributed by atoms with Crippen molar-refractivity contribution in [2.24, 2.45) is 0 Å². The van der Waals surface area contributed by atoms with Crippen molar-refractivity contribution in [3.05, 3.63) is 70.3 Å². The number of H-pyrrole nitrogens is 1. The van der Waals surface area contributed by atoms with Crippen LogP contribution in [0.1, 0.15) is 18.3 Å². The summed E-state index contributed by atoms with van der Waals surface area (Å²) < 4.78 is 27.1. The first-order chi connectivity index (χ1) is 12.5. The van der Waals surface area contributed by atoms with Crippen molar-refractivity contribution >= 4 is 20.9 Å². The minimum absolute atomic E-state index is 0.0625. The molecule has 0 saturated carbocycles. The predicted octanol–water partition coefficient (Wildman–Crippen LogP) is 2.01. The van der Waals surface area contributed by atoms with Gasteiger partial charge in [0.1, 0.15) is 11.9 Å². The van der Waals surface area contributed by atoms with E-state index in [1.807, 2.05) is 6.07 Å². The van der Waals surface area contributed by atoms with Gasteiger partial charge in [-0.2, -0.15) is 9.57 Å². The molecule has 8 heteroatoms. The standard InChI is InChI=1S/C18H16N4O3S/c1-2-22(26(24,25)16-10-6-3-7-13(16)11-19)12-17-20-15-9-5-4-8-14(15)18(23)21-17/h3-10H,2,12H2,1H3,(H,20,21,23). The molecule has 26 heavy (non-hydrogen) atoms. The van der Waals surface area contributed by atoms with E-state index in [1.54, 1.807) is 43.3 Å². The Hall–Kier alpha value is -3.02. The van der Waals surface area contributed by atoms with Gasteiger partial charge in [-0.25, -0.2) is 13.4 Å². The van der Waals surface area contributed by atoms with Gasteiger partial charge in [-0.15, -0.1) is 0 Å². The van der Waals surface area contributed by atoms with Crippen LogP contribution < -0.4 is 5.56 Å². The van der Waals surface area contributed by atoms with E-state index in [4.69, 9.17) is 0 Å². The van der Waals surface area contributed by atoms with Crippen LogP contribution in [-0.4, -0.2) is 29.2 Å². The van der Waals surface area contributed by atoms with Gasteiger partial charge in [0.2, 0.25) is 10.0 Å². The number of nitriles is 1. The minimum atomic E-state index is -3.91. The van der Waals surface area contributed by atoms with Gasteiger partial charge in [-0.1, -0.05) is 31.2 Å². The zero-order valence-corrected chi connectivity index (χ0v) is 14.8. The molecule has 0 aliphatic rings. The van der Waals surface area contributed by atoms with Gasteiger partial charge in [-0.3, -0.25) is 4.79 Å². The van der Waals surface area contributed by atoms with E-state index in [2.05, 4.69) is 9.97 Å². The van der Waals surface area contributed by atoms with Gasteiger partial charge in [0.15, 0.2) is 0 Å². The lowest BCUT2D eigenvalue weighted by atomic mass is 10.2. The highest BCUT2D eigenvalue weighted by atomic mass is 32.2. The van der Waals surface area contributed by atoms with E-state index in [0.29, 0.717) is 10.9 Å². The Morgan fingerprint density at radius 3 is 2.58 bits per heavy atom. The molecular formula is C18H16N4O3S. The molecule has 3 rings (SSSR count). The monoisotopic (exact) mass is 368 g/mol. The van der Waals surface area contributed by atoms with Crippen LogP contribution in [0.25, 0.3) is 10.9 Å². The molecule has 0 spiro atoms. The van der Waals surface area contributed by atoms with Crippen molar-refractivity contribution < 1.29 is 8.42 Å². The summed E-state index contributed by atoms with van der Waals surface area (Å²) in [5, 5.41) is 9.63. The lowest BCUT2D eigenvalue weighted by molar-refractivity contribution is 0.414. The SMILES string of the molecule is CCN(Cc1nc2ccccc2c(=O)[nH]1)S(=O)(=O)c1ccccc1C#N. The Labute approximate surface area is 150 Å². The lowest BCUT2D eigenvalue weighted by Gasteiger charge is -2.20. The number of aromatic nitrogens is 2. The molecule has 7 nitrogen and oxygen atoms in total. The summed E-state index contributed by atoms with van der Waals surface area (Å²) in [5.41, 5.74) is 0.250. The van der Waals surface area contributed by atoms with Crippen LogP contribution in [0, 0.1) is 11.3 Å². The number of hydrogen-bond donors (Lipinski definition) is 1. The fraction of sp³-hybridized carbons (Fsp3) is 0.167. The average Bonchev–Trinajstić information content (AvgIpc) is 2.66. The molecule has 1 N–H and O–H groups in total. The van der Waals surface area contributed by atoms with E-state index >= 15 is 0 Å². The fourth-order valence-electron chi connectivity index (χ4n) is 2.67. The second-order valence-electron chi connectivity index (χ2n) is 5.57. The number of benzene rings is 2. The van der Waals surface area contributed by atoms with E-state index in [0.717, 1.165) is 0 Å². The van der Waals surface area contributed by atoms with Crippen molar-refractivity contribution in [1.29, 1.82) is 5.26 Å². The summed E-state index contributed by atoms with van der Waals surface area (Å²) in [6.07, 6.45) is 0. The Kier molecular flexibility index (Phi) is 4.84. The van der Waals surface area contributed by atoms with Gasteiger partial charge < -0.3 is 4.98 Å². The van der Waals surface area contributed by atoms with Crippen LogP contribution in [0.5, 0.6) is 0 Å². The van der Waals surface area contributed by atoms with E-state index in [9.17, 15) is 18.5 Å². The molecule has 1 heterocycles. The Morgan fingerprint density at radius 1 is 1.15 bits per heavy atom. The number of aromatic amines is 1. The molecular weight excluding hydrogens is 352 g/mol. The lowest BCUT2D eigenvalue weighted by Crippen LogP contribution is -2.32. The van der Waals surface area contributed by atoms with E-state index in [1.165, 1.54) is 16.4 Å². The highest BCUT2D eigenvalue weighted by Crippen LogP contribution is 2.21. The number of nitrogens with one attached hydrogen (secondary N) is 1.